The molecule has 0 atom stereocenters. The van der Waals surface area contributed by atoms with E-state index in [1.54, 1.807) is 35.0 Å². The van der Waals surface area contributed by atoms with Crippen molar-refractivity contribution in [2.24, 2.45) is 0 Å². The van der Waals surface area contributed by atoms with Crippen LogP contribution in [0.2, 0.25) is 0 Å². The molecular weight excluding hydrogens is 539 g/mol. The average Bonchev–Trinajstić information content (AvgIpc) is 3.32. The highest BCUT2D eigenvalue weighted by Crippen LogP contribution is 2.35. The summed E-state index contributed by atoms with van der Waals surface area (Å²) in [6, 6.07) is 16.3. The second-order valence-electron chi connectivity index (χ2n) is 9.11. The molecule has 9 nitrogen and oxygen atoms in total. The van der Waals surface area contributed by atoms with Gasteiger partial charge in [-0.15, -0.1) is 0 Å². The monoisotopic (exact) mass is 561 g/mol. The molecule has 0 aliphatic carbocycles. The molecule has 0 aliphatic heterocycles. The fourth-order valence-corrected chi connectivity index (χ4v) is 4.32. The standard InChI is InChI=1S/C29H22F3N5O4/c1-3-36-16-25(17(2)35-36)27-15-24(23-9-4-5-10-26(23)34-27)28(38)33-19-12-20(37(39)40)14-22(13-19)41-21-8-6-7-18(11-21)29(30,31)32/h4-16H,3H2,1-2H3,(H,33,38). The maximum Gasteiger partial charge on any atom is 0.416 e. The fraction of sp³-hybridized carbons (Fsp3) is 0.138. The summed E-state index contributed by atoms with van der Waals surface area (Å²) >= 11 is 0. The van der Waals surface area contributed by atoms with E-state index in [-0.39, 0.29) is 22.7 Å². The number of amides is 1. The summed E-state index contributed by atoms with van der Waals surface area (Å²) in [5.74, 6) is -0.877. The number of nitro groups is 1. The van der Waals surface area contributed by atoms with Gasteiger partial charge in [0.1, 0.15) is 11.5 Å². The molecule has 0 saturated heterocycles. The van der Waals surface area contributed by atoms with E-state index >= 15 is 0 Å². The van der Waals surface area contributed by atoms with Gasteiger partial charge in [-0.1, -0.05) is 24.3 Å². The van der Waals surface area contributed by atoms with E-state index in [1.165, 1.54) is 12.1 Å². The number of aromatic nitrogens is 3. The molecule has 2 heterocycles. The molecule has 5 rings (SSSR count). The quantitative estimate of drug-likeness (QED) is 0.164. The minimum atomic E-state index is -4.60. The van der Waals surface area contributed by atoms with Crippen LogP contribution in [0.1, 0.15) is 28.5 Å². The van der Waals surface area contributed by atoms with Gasteiger partial charge < -0.3 is 10.1 Å². The van der Waals surface area contributed by atoms with Crippen LogP contribution in [0.4, 0.5) is 24.5 Å². The normalized spacial score (nSPS) is 11.4. The molecule has 1 N–H and O–H groups in total. The maximum absolute atomic E-state index is 13.6. The predicted octanol–water partition coefficient (Wildman–Crippen LogP) is 7.40. The number of para-hydroxylation sites is 1. The third-order valence-corrected chi connectivity index (χ3v) is 6.26. The zero-order chi connectivity index (χ0) is 29.3. The molecule has 0 radical (unpaired) electrons. The lowest BCUT2D eigenvalue weighted by Crippen LogP contribution is -2.13. The molecule has 2 aromatic heterocycles. The highest BCUT2D eigenvalue weighted by atomic mass is 19.4. The van der Waals surface area contributed by atoms with E-state index in [0.29, 0.717) is 23.1 Å². The topological polar surface area (TPSA) is 112 Å². The highest BCUT2D eigenvalue weighted by Gasteiger charge is 2.30. The molecule has 1 amide bonds. The van der Waals surface area contributed by atoms with Gasteiger partial charge in [-0.3, -0.25) is 19.6 Å². The third kappa shape index (κ3) is 5.86. The first kappa shape index (κ1) is 27.3. The van der Waals surface area contributed by atoms with E-state index in [0.717, 1.165) is 41.6 Å². The number of nitrogens with one attached hydrogen (secondary N) is 1. The molecule has 5 aromatic rings. The van der Waals surface area contributed by atoms with Gasteiger partial charge in [0, 0.05) is 35.8 Å². The second-order valence-corrected chi connectivity index (χ2v) is 9.11. The molecule has 0 unspecified atom stereocenters. The number of alkyl halides is 3. The number of nitro benzene ring substituents is 1. The Hall–Kier alpha value is -5.26. The number of non-ortho nitro benzene ring substituents is 1. The first-order valence-corrected chi connectivity index (χ1v) is 12.4. The summed E-state index contributed by atoms with van der Waals surface area (Å²) in [7, 11) is 0. The molecule has 0 spiro atoms. The molecule has 0 bridgehead atoms. The van der Waals surface area contributed by atoms with E-state index in [1.807, 2.05) is 20.0 Å². The predicted molar refractivity (Wildman–Crippen MR) is 146 cm³/mol. The van der Waals surface area contributed by atoms with Crippen LogP contribution in [0, 0.1) is 17.0 Å². The van der Waals surface area contributed by atoms with Gasteiger partial charge in [0.25, 0.3) is 11.6 Å². The fourth-order valence-electron chi connectivity index (χ4n) is 4.32. The summed E-state index contributed by atoms with van der Waals surface area (Å²) in [4.78, 5) is 29.2. The first-order valence-electron chi connectivity index (χ1n) is 12.4. The van der Waals surface area contributed by atoms with Gasteiger partial charge in [-0.05, 0) is 44.2 Å². The molecule has 3 aromatic carbocycles. The van der Waals surface area contributed by atoms with Gasteiger partial charge in [0.2, 0.25) is 0 Å². The minimum absolute atomic E-state index is 0.0172. The van der Waals surface area contributed by atoms with Gasteiger partial charge in [0.05, 0.1) is 44.7 Å². The van der Waals surface area contributed by atoms with Gasteiger partial charge in [0.15, 0.2) is 0 Å². The molecule has 0 fully saturated rings. The Bertz CT molecular complexity index is 1800. The van der Waals surface area contributed by atoms with Crippen LogP contribution in [0.5, 0.6) is 11.5 Å². The van der Waals surface area contributed by atoms with Crippen molar-refractivity contribution in [3.05, 3.63) is 106 Å². The Labute approximate surface area is 231 Å². The lowest BCUT2D eigenvalue weighted by atomic mass is 10.0. The number of carbonyl (C=O) groups excluding carboxylic acids is 1. The van der Waals surface area contributed by atoms with Crippen molar-refractivity contribution in [2.75, 3.05) is 5.32 Å². The summed E-state index contributed by atoms with van der Waals surface area (Å²) < 4.78 is 46.7. The Morgan fingerprint density at radius 3 is 2.54 bits per heavy atom. The third-order valence-electron chi connectivity index (χ3n) is 6.26. The largest absolute Gasteiger partial charge is 0.457 e. The number of hydrogen-bond donors (Lipinski definition) is 1. The number of nitrogens with zero attached hydrogens (tertiary/aromatic N) is 4. The number of halogens is 3. The zero-order valence-corrected chi connectivity index (χ0v) is 21.8. The van der Waals surface area contributed by atoms with Crippen molar-refractivity contribution in [3.8, 4) is 22.8 Å². The van der Waals surface area contributed by atoms with Crippen LogP contribution in [0.3, 0.4) is 0 Å². The Morgan fingerprint density at radius 2 is 1.83 bits per heavy atom. The second kappa shape index (κ2) is 10.7. The van der Waals surface area contributed by atoms with Crippen molar-refractivity contribution in [3.63, 3.8) is 0 Å². The summed E-state index contributed by atoms with van der Waals surface area (Å²) in [5, 5.41) is 19.3. The van der Waals surface area contributed by atoms with Crippen LogP contribution in [-0.2, 0) is 12.7 Å². The number of ether oxygens (including phenoxy) is 1. The molecule has 12 heteroatoms. The molecule has 0 aliphatic rings. The molecular formula is C29H22F3N5O4. The Morgan fingerprint density at radius 1 is 1.05 bits per heavy atom. The van der Waals surface area contributed by atoms with E-state index in [2.05, 4.69) is 10.4 Å². The number of fused-ring (bicyclic) bond motifs is 1. The smallest absolute Gasteiger partial charge is 0.416 e. The van der Waals surface area contributed by atoms with Gasteiger partial charge >= 0.3 is 6.18 Å². The highest BCUT2D eigenvalue weighted by molar-refractivity contribution is 6.13. The summed E-state index contributed by atoms with van der Waals surface area (Å²) in [5.41, 5.74) is 1.49. The van der Waals surface area contributed by atoms with Crippen LogP contribution in [-0.4, -0.2) is 25.6 Å². The van der Waals surface area contributed by atoms with E-state index in [9.17, 15) is 28.1 Å². The maximum atomic E-state index is 13.6. The zero-order valence-electron chi connectivity index (χ0n) is 21.8. The van der Waals surface area contributed by atoms with E-state index < -0.39 is 28.3 Å². The van der Waals surface area contributed by atoms with Crippen LogP contribution < -0.4 is 10.1 Å². The number of aryl methyl sites for hydroxylation is 2. The minimum Gasteiger partial charge on any atom is -0.457 e. The Balaban J connectivity index is 1.52. The number of benzene rings is 3. The van der Waals surface area contributed by atoms with Gasteiger partial charge in [-0.25, -0.2) is 4.98 Å². The van der Waals surface area contributed by atoms with Crippen molar-refractivity contribution in [1.29, 1.82) is 0 Å². The van der Waals surface area contributed by atoms with Crippen LogP contribution in [0.25, 0.3) is 22.2 Å². The molecule has 0 saturated carbocycles. The lowest BCUT2D eigenvalue weighted by molar-refractivity contribution is -0.384. The van der Waals surface area contributed by atoms with Gasteiger partial charge in [-0.2, -0.15) is 18.3 Å². The van der Waals surface area contributed by atoms with Crippen LogP contribution >= 0.6 is 0 Å². The van der Waals surface area contributed by atoms with Crippen molar-refractivity contribution in [2.45, 2.75) is 26.6 Å². The SMILES string of the molecule is CCn1cc(-c2cc(C(=O)Nc3cc(Oc4cccc(C(F)(F)F)c4)cc([N+](=O)[O-])c3)c3ccccc3n2)c(C)n1. The number of hydrogen-bond acceptors (Lipinski definition) is 6. The average molecular weight is 562 g/mol. The number of pyridine rings is 1. The number of anilines is 1. The summed E-state index contributed by atoms with van der Waals surface area (Å²) in [6.45, 7) is 4.44. The lowest BCUT2D eigenvalue weighted by Gasteiger charge is -2.13. The number of rotatable bonds is 7. The number of carbonyl (C=O) groups is 1. The molecule has 208 valence electrons. The van der Waals surface area contributed by atoms with E-state index in [4.69, 9.17) is 9.72 Å². The van der Waals surface area contributed by atoms with Crippen molar-refractivity contribution >= 4 is 28.2 Å². The van der Waals surface area contributed by atoms with Crippen molar-refractivity contribution in [1.82, 2.24) is 14.8 Å². The Kier molecular flexibility index (Phi) is 7.14. The van der Waals surface area contributed by atoms with Crippen molar-refractivity contribution < 1.29 is 27.6 Å². The first-order chi connectivity index (χ1) is 19.5. The molecule has 41 heavy (non-hydrogen) atoms. The van der Waals surface area contributed by atoms with Crippen LogP contribution in [0.15, 0.2) is 79.0 Å². The summed E-state index contributed by atoms with van der Waals surface area (Å²) in [6.07, 6.45) is -2.76.